The van der Waals surface area contributed by atoms with E-state index < -0.39 is 6.03 Å². The summed E-state index contributed by atoms with van der Waals surface area (Å²) < 4.78 is 0. The maximum atomic E-state index is 12.1. The number of hydrogen-bond donors (Lipinski definition) is 3. The molecule has 0 saturated heterocycles. The van der Waals surface area contributed by atoms with E-state index in [0.717, 1.165) is 33.6 Å². The molecule has 23 heavy (non-hydrogen) atoms. The molecular formula is C18H22N4O. The van der Waals surface area contributed by atoms with E-state index in [9.17, 15) is 4.79 Å². The van der Waals surface area contributed by atoms with Crippen molar-refractivity contribution in [3.8, 4) is 0 Å². The molecule has 5 heteroatoms. The summed E-state index contributed by atoms with van der Waals surface area (Å²) in [4.78, 5) is 16.4. The molecular weight excluding hydrogens is 288 g/mol. The SMILES string of the molecule is Cc1cccc(C)c1N=C(N)NC(=O)Nc1c(C)cccc1C. The van der Waals surface area contributed by atoms with Crippen molar-refractivity contribution < 1.29 is 4.79 Å². The van der Waals surface area contributed by atoms with Gasteiger partial charge in [0.15, 0.2) is 0 Å². The third kappa shape index (κ3) is 4.10. The van der Waals surface area contributed by atoms with Crippen molar-refractivity contribution in [3.05, 3.63) is 58.7 Å². The van der Waals surface area contributed by atoms with Crippen LogP contribution in [-0.2, 0) is 0 Å². The van der Waals surface area contributed by atoms with E-state index >= 15 is 0 Å². The highest BCUT2D eigenvalue weighted by molar-refractivity contribution is 6.03. The lowest BCUT2D eigenvalue weighted by Gasteiger charge is -2.12. The fourth-order valence-corrected chi connectivity index (χ4v) is 2.40. The molecule has 0 radical (unpaired) electrons. The van der Waals surface area contributed by atoms with E-state index in [1.807, 2.05) is 64.1 Å². The molecule has 0 heterocycles. The lowest BCUT2D eigenvalue weighted by Crippen LogP contribution is -2.39. The molecule has 0 atom stereocenters. The summed E-state index contributed by atoms with van der Waals surface area (Å²) in [5.74, 6) is 0.0612. The Bertz CT molecular complexity index is 725. The number of benzene rings is 2. The molecule has 5 nitrogen and oxygen atoms in total. The summed E-state index contributed by atoms with van der Waals surface area (Å²) in [6, 6.07) is 11.3. The molecule has 2 rings (SSSR count). The number of nitrogens with two attached hydrogens (primary N) is 1. The van der Waals surface area contributed by atoms with Gasteiger partial charge in [0.05, 0.1) is 5.69 Å². The van der Waals surface area contributed by atoms with E-state index in [0.29, 0.717) is 0 Å². The number of aryl methyl sites for hydroxylation is 4. The van der Waals surface area contributed by atoms with Crippen molar-refractivity contribution >= 4 is 23.4 Å². The van der Waals surface area contributed by atoms with Crippen LogP contribution in [0.1, 0.15) is 22.3 Å². The number of hydrogen-bond acceptors (Lipinski definition) is 2. The van der Waals surface area contributed by atoms with Crippen molar-refractivity contribution in [2.45, 2.75) is 27.7 Å². The fourth-order valence-electron chi connectivity index (χ4n) is 2.40. The van der Waals surface area contributed by atoms with E-state index in [1.165, 1.54) is 0 Å². The standard InChI is InChI=1S/C18H22N4O/c1-11-7-5-8-12(2)15(11)20-17(19)22-18(23)21-16-13(3)9-6-10-14(16)4/h5-10H,1-4H3,(H4,19,20,21,22,23). The minimum atomic E-state index is -0.408. The number of para-hydroxylation sites is 2. The molecule has 0 aliphatic heterocycles. The number of rotatable bonds is 2. The maximum Gasteiger partial charge on any atom is 0.326 e. The number of guanidine groups is 1. The van der Waals surface area contributed by atoms with Crippen molar-refractivity contribution in [2.75, 3.05) is 5.32 Å². The minimum Gasteiger partial charge on any atom is -0.369 e. The maximum absolute atomic E-state index is 12.1. The van der Waals surface area contributed by atoms with E-state index in [1.54, 1.807) is 0 Å². The molecule has 0 unspecified atom stereocenters. The van der Waals surface area contributed by atoms with Crippen LogP contribution in [0.4, 0.5) is 16.2 Å². The first-order chi connectivity index (χ1) is 10.9. The second-order valence-electron chi connectivity index (χ2n) is 5.58. The lowest BCUT2D eigenvalue weighted by atomic mass is 10.1. The Morgan fingerprint density at radius 3 is 1.91 bits per heavy atom. The Balaban J connectivity index is 2.12. The zero-order chi connectivity index (χ0) is 17.0. The molecule has 120 valence electrons. The number of carbonyl (C=O) groups excluding carboxylic acids is 1. The van der Waals surface area contributed by atoms with Crippen LogP contribution in [0.5, 0.6) is 0 Å². The average Bonchev–Trinajstić information content (AvgIpc) is 2.47. The van der Waals surface area contributed by atoms with Crippen molar-refractivity contribution in [3.63, 3.8) is 0 Å². The van der Waals surface area contributed by atoms with Crippen molar-refractivity contribution in [1.82, 2.24) is 5.32 Å². The Morgan fingerprint density at radius 1 is 0.913 bits per heavy atom. The van der Waals surface area contributed by atoms with Gasteiger partial charge in [0.2, 0.25) is 5.96 Å². The first-order valence-electron chi connectivity index (χ1n) is 7.43. The zero-order valence-electron chi connectivity index (χ0n) is 13.9. The van der Waals surface area contributed by atoms with Crippen LogP contribution >= 0.6 is 0 Å². The van der Waals surface area contributed by atoms with Crippen LogP contribution < -0.4 is 16.4 Å². The monoisotopic (exact) mass is 310 g/mol. The van der Waals surface area contributed by atoms with Gasteiger partial charge in [-0.15, -0.1) is 0 Å². The summed E-state index contributed by atoms with van der Waals surface area (Å²) in [5, 5.41) is 5.38. The topological polar surface area (TPSA) is 79.5 Å². The summed E-state index contributed by atoms with van der Waals surface area (Å²) in [7, 11) is 0. The second-order valence-corrected chi connectivity index (χ2v) is 5.58. The van der Waals surface area contributed by atoms with Gasteiger partial charge in [0, 0.05) is 5.69 Å². The van der Waals surface area contributed by atoms with Crippen LogP contribution in [0.15, 0.2) is 41.4 Å². The van der Waals surface area contributed by atoms with Gasteiger partial charge in [0.1, 0.15) is 0 Å². The largest absolute Gasteiger partial charge is 0.369 e. The highest BCUT2D eigenvalue weighted by atomic mass is 16.2. The van der Waals surface area contributed by atoms with Crippen molar-refractivity contribution in [1.29, 1.82) is 0 Å². The van der Waals surface area contributed by atoms with E-state index in [-0.39, 0.29) is 5.96 Å². The molecule has 0 aromatic heterocycles. The summed E-state index contributed by atoms with van der Waals surface area (Å²) >= 11 is 0. The number of carbonyl (C=O) groups is 1. The average molecular weight is 310 g/mol. The van der Waals surface area contributed by atoms with Crippen molar-refractivity contribution in [2.24, 2.45) is 10.7 Å². The normalized spacial score (nSPS) is 11.2. The molecule has 0 aliphatic rings. The Kier molecular flexibility index (Phi) is 5.01. The molecule has 2 amide bonds. The van der Waals surface area contributed by atoms with Crippen LogP contribution in [0.3, 0.4) is 0 Å². The summed E-state index contributed by atoms with van der Waals surface area (Å²) in [6.45, 7) is 7.79. The molecule has 0 spiro atoms. The van der Waals surface area contributed by atoms with Crippen LogP contribution in [0.2, 0.25) is 0 Å². The first kappa shape index (κ1) is 16.5. The molecule has 0 saturated carbocycles. The van der Waals surface area contributed by atoms with Crippen LogP contribution in [0.25, 0.3) is 0 Å². The minimum absolute atomic E-state index is 0.0612. The second kappa shape index (κ2) is 6.96. The Labute approximate surface area is 136 Å². The van der Waals surface area contributed by atoms with Gasteiger partial charge < -0.3 is 11.1 Å². The van der Waals surface area contributed by atoms with E-state index in [2.05, 4.69) is 15.6 Å². The lowest BCUT2D eigenvalue weighted by molar-refractivity contribution is 0.256. The summed E-state index contributed by atoms with van der Waals surface area (Å²) in [5.41, 5.74) is 11.4. The molecule has 4 N–H and O–H groups in total. The third-order valence-electron chi connectivity index (χ3n) is 3.63. The number of nitrogens with one attached hydrogen (secondary N) is 2. The predicted octanol–water partition coefficient (Wildman–Crippen LogP) is 3.69. The molecule has 2 aromatic carbocycles. The zero-order valence-corrected chi connectivity index (χ0v) is 13.9. The number of urea groups is 1. The highest BCUT2D eigenvalue weighted by Gasteiger charge is 2.08. The third-order valence-corrected chi connectivity index (χ3v) is 3.63. The van der Waals surface area contributed by atoms with Gasteiger partial charge in [-0.3, -0.25) is 5.32 Å². The smallest absolute Gasteiger partial charge is 0.326 e. The summed E-state index contributed by atoms with van der Waals surface area (Å²) in [6.07, 6.45) is 0. The molecule has 0 fully saturated rings. The van der Waals surface area contributed by atoms with Gasteiger partial charge >= 0.3 is 6.03 Å². The van der Waals surface area contributed by atoms with Gasteiger partial charge in [0.25, 0.3) is 0 Å². The highest BCUT2D eigenvalue weighted by Crippen LogP contribution is 2.22. The van der Waals surface area contributed by atoms with Gasteiger partial charge in [-0.25, -0.2) is 9.79 Å². The van der Waals surface area contributed by atoms with Gasteiger partial charge in [-0.05, 0) is 49.9 Å². The first-order valence-corrected chi connectivity index (χ1v) is 7.43. The van der Waals surface area contributed by atoms with E-state index in [4.69, 9.17) is 5.73 Å². The molecule has 0 bridgehead atoms. The van der Waals surface area contributed by atoms with Gasteiger partial charge in [-0.2, -0.15) is 0 Å². The van der Waals surface area contributed by atoms with Crippen LogP contribution in [-0.4, -0.2) is 12.0 Å². The molecule has 2 aromatic rings. The van der Waals surface area contributed by atoms with Gasteiger partial charge in [-0.1, -0.05) is 36.4 Å². The number of anilines is 1. The quantitative estimate of drug-likeness (QED) is 0.584. The fraction of sp³-hybridized carbons (Fsp3) is 0.222. The predicted molar refractivity (Wildman–Crippen MR) is 95.3 cm³/mol. The number of aliphatic imine (C=N–C) groups is 1. The Hall–Kier alpha value is -2.82. The van der Waals surface area contributed by atoms with Crippen LogP contribution in [0, 0.1) is 27.7 Å². The number of nitrogens with zero attached hydrogens (tertiary/aromatic N) is 1. The Morgan fingerprint density at radius 2 is 1.39 bits per heavy atom. The number of amides is 2. The molecule has 0 aliphatic carbocycles.